The molecule has 0 fully saturated rings. The van der Waals surface area contributed by atoms with Crippen molar-refractivity contribution in [1.82, 2.24) is 4.98 Å². The van der Waals surface area contributed by atoms with Crippen molar-refractivity contribution in [2.75, 3.05) is 0 Å². The fourth-order valence-corrected chi connectivity index (χ4v) is 1.37. The summed E-state index contributed by atoms with van der Waals surface area (Å²) in [5.74, 6) is 0.871. The van der Waals surface area contributed by atoms with Crippen molar-refractivity contribution < 1.29 is 8.81 Å². The van der Waals surface area contributed by atoms with Crippen molar-refractivity contribution >= 4 is 12.6 Å². The van der Waals surface area contributed by atoms with E-state index in [1.54, 1.807) is 25.3 Å². The maximum atomic E-state index is 12.9. The lowest BCUT2D eigenvalue weighted by Gasteiger charge is -1.98. The first kappa shape index (κ1) is 9.27. The maximum Gasteiger partial charge on any atom is 0.191 e. The van der Waals surface area contributed by atoms with Gasteiger partial charge in [-0.05, 0) is 18.2 Å². The Morgan fingerprint density at radius 1 is 1.43 bits per heavy atom. The van der Waals surface area contributed by atoms with Gasteiger partial charge in [0.2, 0.25) is 0 Å². The van der Waals surface area contributed by atoms with Gasteiger partial charge < -0.3 is 4.42 Å². The highest BCUT2D eigenvalue weighted by molar-refractivity contribution is 7.80. The molecule has 2 aromatic rings. The number of benzene rings is 1. The summed E-state index contributed by atoms with van der Waals surface area (Å²) in [6, 6.07) is 4.60. The third kappa shape index (κ3) is 1.65. The normalized spacial score (nSPS) is 10.5. The van der Waals surface area contributed by atoms with Crippen LogP contribution in [0.1, 0.15) is 5.89 Å². The van der Waals surface area contributed by atoms with Crippen LogP contribution in [0.5, 0.6) is 0 Å². The van der Waals surface area contributed by atoms with Gasteiger partial charge in [0.15, 0.2) is 11.7 Å². The monoisotopic (exact) mass is 209 g/mol. The second-order valence-electron chi connectivity index (χ2n) is 2.91. The smallest absolute Gasteiger partial charge is 0.191 e. The third-order valence-electron chi connectivity index (χ3n) is 1.85. The van der Waals surface area contributed by atoms with Crippen LogP contribution in [0.4, 0.5) is 4.39 Å². The van der Waals surface area contributed by atoms with Crippen molar-refractivity contribution in [3.8, 4) is 11.3 Å². The summed E-state index contributed by atoms with van der Waals surface area (Å²) in [5.41, 5.74) is 0.775. The minimum Gasteiger partial charge on any atom is -0.441 e. The molecule has 14 heavy (non-hydrogen) atoms. The number of halogens is 1. The topological polar surface area (TPSA) is 26.0 Å². The Bertz CT molecular complexity index is 467. The summed E-state index contributed by atoms with van der Waals surface area (Å²) < 4.78 is 18.2. The Labute approximate surface area is 86.2 Å². The van der Waals surface area contributed by atoms with Gasteiger partial charge in [0.1, 0.15) is 5.82 Å². The van der Waals surface area contributed by atoms with E-state index in [-0.39, 0.29) is 5.82 Å². The van der Waals surface area contributed by atoms with Crippen molar-refractivity contribution in [1.29, 1.82) is 0 Å². The summed E-state index contributed by atoms with van der Waals surface area (Å²) in [6.07, 6.45) is 1.61. The van der Waals surface area contributed by atoms with Crippen molar-refractivity contribution in [3.63, 3.8) is 0 Å². The molecule has 1 aromatic heterocycles. The number of hydrogen-bond acceptors (Lipinski definition) is 3. The fourth-order valence-electron chi connectivity index (χ4n) is 1.16. The molecule has 2 nitrogen and oxygen atoms in total. The van der Waals surface area contributed by atoms with Gasteiger partial charge in [-0.15, -0.1) is 12.6 Å². The van der Waals surface area contributed by atoms with Gasteiger partial charge in [0.05, 0.1) is 6.20 Å². The molecule has 0 aliphatic carbocycles. The van der Waals surface area contributed by atoms with E-state index in [1.165, 1.54) is 6.07 Å². The lowest BCUT2D eigenvalue weighted by atomic mass is 10.2. The highest BCUT2D eigenvalue weighted by atomic mass is 32.1. The summed E-state index contributed by atoms with van der Waals surface area (Å²) in [6.45, 7) is 1.76. The minimum absolute atomic E-state index is 0.302. The highest BCUT2D eigenvalue weighted by Crippen LogP contribution is 2.24. The van der Waals surface area contributed by atoms with Gasteiger partial charge in [0, 0.05) is 17.4 Å². The first-order chi connectivity index (χ1) is 6.66. The fraction of sp³-hybridized carbons (Fsp3) is 0.100. The highest BCUT2D eigenvalue weighted by Gasteiger charge is 2.05. The van der Waals surface area contributed by atoms with Gasteiger partial charge in [-0.3, -0.25) is 0 Å². The third-order valence-corrected chi connectivity index (χ3v) is 2.19. The summed E-state index contributed by atoms with van der Waals surface area (Å²) in [4.78, 5) is 4.26. The second-order valence-corrected chi connectivity index (χ2v) is 3.39. The van der Waals surface area contributed by atoms with Crippen LogP contribution in [0.15, 0.2) is 33.7 Å². The second kappa shape index (κ2) is 3.46. The molecule has 0 radical (unpaired) electrons. The standard InChI is InChI=1S/C10H8FNOS/c1-6-12-5-9(13-6)7-2-3-8(11)10(14)4-7/h2-5,14H,1H3. The molecule has 0 atom stereocenters. The molecule has 0 saturated heterocycles. The van der Waals surface area contributed by atoms with Crippen molar-refractivity contribution in [2.45, 2.75) is 11.8 Å². The van der Waals surface area contributed by atoms with E-state index < -0.39 is 0 Å². The van der Waals surface area contributed by atoms with Crippen LogP contribution in [0.2, 0.25) is 0 Å². The molecule has 0 aliphatic rings. The van der Waals surface area contributed by atoms with Gasteiger partial charge in [0.25, 0.3) is 0 Å². The number of aromatic nitrogens is 1. The molecular formula is C10H8FNOS. The van der Waals surface area contributed by atoms with Crippen molar-refractivity contribution in [3.05, 3.63) is 36.1 Å². The molecule has 1 aromatic carbocycles. The van der Waals surface area contributed by atoms with Crippen LogP contribution in [-0.2, 0) is 0 Å². The largest absolute Gasteiger partial charge is 0.441 e. The van der Waals surface area contributed by atoms with Gasteiger partial charge >= 0.3 is 0 Å². The molecule has 0 saturated carbocycles. The first-order valence-corrected chi connectivity index (χ1v) is 4.53. The molecule has 0 aliphatic heterocycles. The molecule has 0 spiro atoms. The maximum absolute atomic E-state index is 12.9. The molecule has 2 rings (SSSR count). The van der Waals surface area contributed by atoms with Crippen LogP contribution in [0, 0.1) is 12.7 Å². The Hall–Kier alpha value is -1.29. The van der Waals surface area contributed by atoms with E-state index in [0.717, 1.165) is 5.56 Å². The lowest BCUT2D eigenvalue weighted by molar-refractivity contribution is 0.534. The van der Waals surface area contributed by atoms with Gasteiger partial charge in [-0.1, -0.05) is 0 Å². The zero-order valence-corrected chi connectivity index (χ0v) is 8.38. The zero-order chi connectivity index (χ0) is 10.1. The molecule has 0 unspecified atom stereocenters. The van der Waals surface area contributed by atoms with Crippen LogP contribution in [0.3, 0.4) is 0 Å². The Kier molecular flexibility index (Phi) is 2.29. The molecular weight excluding hydrogens is 201 g/mol. The predicted octanol–water partition coefficient (Wildman–Crippen LogP) is 3.08. The first-order valence-electron chi connectivity index (χ1n) is 4.08. The van der Waals surface area contributed by atoms with E-state index in [2.05, 4.69) is 17.6 Å². The number of nitrogens with zero attached hydrogens (tertiary/aromatic N) is 1. The zero-order valence-electron chi connectivity index (χ0n) is 7.49. The van der Waals surface area contributed by atoms with Crippen LogP contribution in [0.25, 0.3) is 11.3 Å². The van der Waals surface area contributed by atoms with E-state index in [1.807, 2.05) is 0 Å². The molecule has 4 heteroatoms. The summed E-state index contributed by atoms with van der Waals surface area (Å²) >= 11 is 3.99. The number of rotatable bonds is 1. The van der Waals surface area contributed by atoms with E-state index in [4.69, 9.17) is 4.42 Å². The van der Waals surface area contributed by atoms with Gasteiger partial charge in [-0.2, -0.15) is 0 Å². The molecule has 0 N–H and O–H groups in total. The minimum atomic E-state index is -0.340. The number of hydrogen-bond donors (Lipinski definition) is 1. The summed E-state index contributed by atoms with van der Waals surface area (Å²) in [5, 5.41) is 0. The van der Waals surface area contributed by atoms with E-state index in [9.17, 15) is 4.39 Å². The van der Waals surface area contributed by atoms with E-state index in [0.29, 0.717) is 16.5 Å². The van der Waals surface area contributed by atoms with Gasteiger partial charge in [-0.25, -0.2) is 9.37 Å². The summed E-state index contributed by atoms with van der Waals surface area (Å²) in [7, 11) is 0. The molecule has 1 heterocycles. The average molecular weight is 209 g/mol. The number of oxazole rings is 1. The van der Waals surface area contributed by atoms with Crippen LogP contribution >= 0.6 is 12.6 Å². The number of thiol groups is 1. The average Bonchev–Trinajstić information content (AvgIpc) is 2.57. The van der Waals surface area contributed by atoms with E-state index >= 15 is 0 Å². The lowest BCUT2D eigenvalue weighted by Crippen LogP contribution is -1.79. The molecule has 72 valence electrons. The molecule has 0 bridgehead atoms. The van der Waals surface area contributed by atoms with Crippen LogP contribution < -0.4 is 0 Å². The van der Waals surface area contributed by atoms with Crippen LogP contribution in [-0.4, -0.2) is 4.98 Å². The predicted molar refractivity (Wildman–Crippen MR) is 53.9 cm³/mol. The Morgan fingerprint density at radius 3 is 2.79 bits per heavy atom. The molecule has 0 amide bonds. The van der Waals surface area contributed by atoms with Crippen molar-refractivity contribution in [2.24, 2.45) is 0 Å². The SMILES string of the molecule is Cc1ncc(-c2ccc(F)c(S)c2)o1. The quantitative estimate of drug-likeness (QED) is 0.730. The Balaban J connectivity index is 2.47. The Morgan fingerprint density at radius 2 is 2.21 bits per heavy atom. The number of aryl methyl sites for hydroxylation is 1.